The third-order valence-corrected chi connectivity index (χ3v) is 5.09. The molecule has 1 aliphatic heterocycles. The number of nitrogens with one attached hydrogen (secondary N) is 1. The predicted molar refractivity (Wildman–Crippen MR) is 101 cm³/mol. The first kappa shape index (κ1) is 16.1. The Morgan fingerprint density at radius 2 is 2.12 bits per heavy atom. The number of rotatable bonds is 2. The average Bonchev–Trinajstić information content (AvgIpc) is 2.96. The number of aryl methyl sites for hydroxylation is 2. The van der Waals surface area contributed by atoms with Crippen LogP contribution in [0.4, 0.5) is 5.69 Å². The second-order valence-electron chi connectivity index (χ2n) is 7.79. The van der Waals surface area contributed by atoms with E-state index in [0.717, 1.165) is 24.4 Å². The van der Waals surface area contributed by atoms with Crippen LogP contribution in [0.3, 0.4) is 0 Å². The lowest BCUT2D eigenvalue weighted by molar-refractivity contribution is 0.454. The molecule has 1 atom stereocenters. The van der Waals surface area contributed by atoms with E-state index in [1.807, 2.05) is 16.8 Å². The van der Waals surface area contributed by atoms with E-state index in [2.05, 4.69) is 67.1 Å². The smallest absolute Gasteiger partial charge is 0.252 e. The Balaban J connectivity index is 1.90. The molecule has 3 aromatic rings. The molecule has 130 valence electrons. The fraction of sp³-hybridized carbons (Fsp3) is 0.450. The van der Waals surface area contributed by atoms with Crippen molar-refractivity contribution in [2.45, 2.75) is 58.9 Å². The van der Waals surface area contributed by atoms with E-state index in [4.69, 9.17) is 0 Å². The predicted octanol–water partition coefficient (Wildman–Crippen LogP) is 4.36. The third-order valence-electron chi connectivity index (χ3n) is 5.09. The Labute approximate surface area is 148 Å². The minimum atomic E-state index is 0.131. The quantitative estimate of drug-likeness (QED) is 0.756. The minimum absolute atomic E-state index is 0.131. The van der Waals surface area contributed by atoms with E-state index in [-0.39, 0.29) is 5.54 Å². The van der Waals surface area contributed by atoms with Crippen molar-refractivity contribution in [3.8, 4) is 11.3 Å². The van der Waals surface area contributed by atoms with E-state index in [0.29, 0.717) is 11.7 Å². The van der Waals surface area contributed by atoms with Gasteiger partial charge in [0.1, 0.15) is 0 Å². The number of fused-ring (bicyclic) bond motifs is 2. The van der Waals surface area contributed by atoms with Gasteiger partial charge in [0.25, 0.3) is 5.78 Å². The van der Waals surface area contributed by atoms with Crippen molar-refractivity contribution < 1.29 is 0 Å². The molecule has 5 heteroatoms. The first-order chi connectivity index (χ1) is 11.9. The molecule has 5 nitrogen and oxygen atoms in total. The van der Waals surface area contributed by atoms with Crippen molar-refractivity contribution in [1.29, 1.82) is 0 Å². The maximum absolute atomic E-state index is 4.63. The molecule has 0 saturated carbocycles. The topological polar surface area (TPSA) is 55.1 Å². The van der Waals surface area contributed by atoms with Gasteiger partial charge in [0.15, 0.2) is 5.82 Å². The summed E-state index contributed by atoms with van der Waals surface area (Å²) in [5, 5.41) is 8.32. The van der Waals surface area contributed by atoms with Gasteiger partial charge in [0, 0.05) is 29.4 Å². The van der Waals surface area contributed by atoms with Crippen molar-refractivity contribution in [2.24, 2.45) is 0 Å². The zero-order chi connectivity index (χ0) is 17.8. The second-order valence-corrected chi connectivity index (χ2v) is 7.79. The fourth-order valence-corrected chi connectivity index (χ4v) is 4.00. The van der Waals surface area contributed by atoms with Crippen molar-refractivity contribution >= 4 is 11.5 Å². The molecule has 25 heavy (non-hydrogen) atoms. The van der Waals surface area contributed by atoms with Gasteiger partial charge in [-0.3, -0.25) is 0 Å². The van der Waals surface area contributed by atoms with Gasteiger partial charge in [-0.25, -0.2) is 4.98 Å². The summed E-state index contributed by atoms with van der Waals surface area (Å²) in [7, 11) is 0. The molecule has 0 saturated heterocycles. The first-order valence-electron chi connectivity index (χ1n) is 9.02. The Hall–Kier alpha value is -2.43. The van der Waals surface area contributed by atoms with Crippen LogP contribution in [-0.2, 0) is 6.42 Å². The summed E-state index contributed by atoms with van der Waals surface area (Å²) in [5.74, 6) is 2.01. The standard InChI is InChI=1S/C20H25N5/c1-6-18-22-19-21-8-7-17(25(19)24-18)15-10-14-13(3)11-20(4,5)23-16(14)9-12(15)2/h7-10,13,23H,6,11H2,1-5H3. The summed E-state index contributed by atoms with van der Waals surface area (Å²) >= 11 is 0. The molecule has 0 bridgehead atoms. The molecular formula is C20H25N5. The summed E-state index contributed by atoms with van der Waals surface area (Å²) in [6.07, 6.45) is 3.75. The van der Waals surface area contributed by atoms with Crippen LogP contribution in [0.15, 0.2) is 24.4 Å². The number of anilines is 1. The van der Waals surface area contributed by atoms with E-state index in [1.54, 1.807) is 0 Å². The van der Waals surface area contributed by atoms with Gasteiger partial charge >= 0.3 is 0 Å². The molecule has 0 aliphatic carbocycles. The molecule has 0 radical (unpaired) electrons. The Kier molecular flexibility index (Phi) is 3.56. The molecule has 2 aromatic heterocycles. The molecule has 1 aliphatic rings. The van der Waals surface area contributed by atoms with Gasteiger partial charge in [-0.1, -0.05) is 13.8 Å². The number of aromatic nitrogens is 4. The van der Waals surface area contributed by atoms with E-state index in [9.17, 15) is 0 Å². The zero-order valence-corrected chi connectivity index (χ0v) is 15.6. The van der Waals surface area contributed by atoms with Crippen molar-refractivity contribution in [2.75, 3.05) is 5.32 Å². The maximum atomic E-state index is 4.63. The average molecular weight is 335 g/mol. The summed E-state index contributed by atoms with van der Waals surface area (Å²) in [4.78, 5) is 8.86. The highest BCUT2D eigenvalue weighted by Gasteiger charge is 2.30. The molecule has 1 aromatic carbocycles. The highest BCUT2D eigenvalue weighted by atomic mass is 15.3. The van der Waals surface area contributed by atoms with Crippen molar-refractivity contribution in [3.05, 3.63) is 41.3 Å². The lowest BCUT2D eigenvalue weighted by Gasteiger charge is -2.38. The van der Waals surface area contributed by atoms with E-state index < -0.39 is 0 Å². The van der Waals surface area contributed by atoms with E-state index in [1.165, 1.54) is 22.4 Å². The van der Waals surface area contributed by atoms with Gasteiger partial charge < -0.3 is 5.32 Å². The van der Waals surface area contributed by atoms with Crippen molar-refractivity contribution in [1.82, 2.24) is 19.6 Å². The van der Waals surface area contributed by atoms with Gasteiger partial charge in [-0.15, -0.1) is 5.10 Å². The summed E-state index contributed by atoms with van der Waals surface area (Å²) in [6.45, 7) is 11.1. The van der Waals surface area contributed by atoms with Crippen LogP contribution in [-0.4, -0.2) is 25.1 Å². The first-order valence-corrected chi connectivity index (χ1v) is 9.02. The number of benzene rings is 1. The fourth-order valence-electron chi connectivity index (χ4n) is 4.00. The van der Waals surface area contributed by atoms with Gasteiger partial charge in [-0.05, 0) is 62.4 Å². The maximum Gasteiger partial charge on any atom is 0.252 e. The molecule has 4 rings (SSSR count). The lowest BCUT2D eigenvalue weighted by Crippen LogP contribution is -2.36. The number of nitrogens with zero attached hydrogens (tertiary/aromatic N) is 4. The molecular weight excluding hydrogens is 310 g/mol. The SMILES string of the molecule is CCc1nc2nccc(-c3cc4c(cc3C)NC(C)(C)CC4C)n2n1. The van der Waals surface area contributed by atoms with Crippen LogP contribution in [0.25, 0.3) is 17.0 Å². The van der Waals surface area contributed by atoms with Crippen LogP contribution in [0.1, 0.15) is 57.0 Å². The van der Waals surface area contributed by atoms with Crippen LogP contribution in [0.5, 0.6) is 0 Å². The van der Waals surface area contributed by atoms with Crippen LogP contribution < -0.4 is 5.32 Å². The molecule has 0 fully saturated rings. The van der Waals surface area contributed by atoms with Gasteiger partial charge in [0.05, 0.1) is 5.69 Å². The Bertz CT molecular complexity index is 954. The summed E-state index contributed by atoms with van der Waals surface area (Å²) in [6, 6.07) is 6.62. The molecule has 1 N–H and O–H groups in total. The van der Waals surface area contributed by atoms with Crippen molar-refractivity contribution in [3.63, 3.8) is 0 Å². The largest absolute Gasteiger partial charge is 0.380 e. The summed E-state index contributed by atoms with van der Waals surface area (Å²) in [5.41, 5.74) is 6.24. The zero-order valence-electron chi connectivity index (χ0n) is 15.6. The molecule has 0 spiro atoms. The molecule has 3 heterocycles. The second kappa shape index (κ2) is 5.55. The monoisotopic (exact) mass is 335 g/mol. The summed E-state index contributed by atoms with van der Waals surface area (Å²) < 4.78 is 1.87. The molecule has 0 amide bonds. The van der Waals surface area contributed by atoms with Gasteiger partial charge in [-0.2, -0.15) is 9.50 Å². The van der Waals surface area contributed by atoms with Crippen LogP contribution in [0.2, 0.25) is 0 Å². The molecule has 1 unspecified atom stereocenters. The Morgan fingerprint density at radius 1 is 1.32 bits per heavy atom. The van der Waals surface area contributed by atoms with Gasteiger partial charge in [0.2, 0.25) is 0 Å². The Morgan fingerprint density at radius 3 is 2.88 bits per heavy atom. The third kappa shape index (κ3) is 2.68. The van der Waals surface area contributed by atoms with E-state index >= 15 is 0 Å². The van der Waals surface area contributed by atoms with Crippen LogP contribution >= 0.6 is 0 Å². The number of hydrogen-bond acceptors (Lipinski definition) is 4. The van der Waals surface area contributed by atoms with Crippen LogP contribution in [0, 0.1) is 6.92 Å². The lowest BCUT2D eigenvalue weighted by atomic mass is 9.80. The highest BCUT2D eigenvalue weighted by Crippen LogP contribution is 2.41. The normalized spacial score (nSPS) is 18.8. The minimum Gasteiger partial charge on any atom is -0.380 e. The highest BCUT2D eigenvalue weighted by molar-refractivity contribution is 5.72. The number of hydrogen-bond donors (Lipinski definition) is 1.